The van der Waals surface area contributed by atoms with Crippen molar-refractivity contribution in [1.82, 2.24) is 9.05 Å². The first-order valence-electron chi connectivity index (χ1n) is 27.0. The van der Waals surface area contributed by atoms with Crippen molar-refractivity contribution in [3.63, 3.8) is 0 Å². The molecular weight excluding hydrogens is 894 g/mol. The van der Waals surface area contributed by atoms with Gasteiger partial charge in [0.1, 0.15) is 0 Å². The molecule has 370 valence electrons. The third kappa shape index (κ3) is 7.44. The van der Waals surface area contributed by atoms with E-state index in [0.29, 0.717) is 0 Å². The van der Waals surface area contributed by atoms with E-state index in [9.17, 15) is 0 Å². The SMILES string of the molecule is CC(C)(C)c1ccc(N2c3ccc(C(C)(C)C)cc3B3c4c(cc(C(C)(C)C)cc42)-c2c4c(cc5c6cc(C(C)(C)C)ccc6n(-c6ccc(C(C)(C)C)cc6)c25)c(-c2ccccc2)c(-c2ccccc2)n43)cc1. The van der Waals surface area contributed by atoms with Gasteiger partial charge in [-0.3, -0.25) is 0 Å². The molecule has 74 heavy (non-hydrogen) atoms. The number of benzene rings is 8. The van der Waals surface area contributed by atoms with Crippen LogP contribution in [0, 0.1) is 0 Å². The molecule has 3 nitrogen and oxygen atoms in total. The molecule has 2 aliphatic heterocycles. The van der Waals surface area contributed by atoms with Crippen LogP contribution >= 0.6 is 0 Å². The molecule has 2 aromatic heterocycles. The standard InChI is InChI=1S/C70H72BN3/c1-66(2,3)45-26-32-50(33-27-45)72-58-37-31-48(69(10,11)12)40-56(58)71-62-54(39-49(41-59(62)72)70(13,14)15)61-64-53(42-55-60(43-22-18-16-19-23-43)63(74(71)65(55)61)44-24-20-17-21-25-44)52-38-47(68(7,8)9)30-36-57(52)73(64)51-34-28-46(29-35-51)67(4,5)6/h16-42H,1-15H3. The first kappa shape index (κ1) is 47.9. The van der Waals surface area contributed by atoms with E-state index in [0.717, 1.165) is 0 Å². The number of hydrogen-bond donors (Lipinski definition) is 0. The van der Waals surface area contributed by atoms with Crippen LogP contribution in [0.1, 0.15) is 132 Å². The summed E-state index contributed by atoms with van der Waals surface area (Å²) in [5.41, 5.74) is 25.2. The topological polar surface area (TPSA) is 13.1 Å². The molecule has 0 atom stereocenters. The molecule has 0 fully saturated rings. The minimum atomic E-state index is -0.160. The third-order valence-electron chi connectivity index (χ3n) is 16.5. The molecule has 0 radical (unpaired) electrons. The number of aromatic nitrogens is 2. The average Bonchev–Trinajstić information content (AvgIpc) is 3.93. The molecule has 0 unspecified atom stereocenters. The summed E-state index contributed by atoms with van der Waals surface area (Å²) < 4.78 is 5.43. The van der Waals surface area contributed by atoms with Crippen molar-refractivity contribution in [2.24, 2.45) is 0 Å². The van der Waals surface area contributed by atoms with E-state index in [1.165, 1.54) is 128 Å². The quantitative estimate of drug-likeness (QED) is 0.160. The van der Waals surface area contributed by atoms with Crippen molar-refractivity contribution in [1.29, 1.82) is 0 Å². The maximum absolute atomic E-state index is 2.81. The Morgan fingerprint density at radius 2 is 0.878 bits per heavy atom. The summed E-state index contributed by atoms with van der Waals surface area (Å²) in [4.78, 5) is 2.61. The van der Waals surface area contributed by atoms with Gasteiger partial charge in [-0.05, 0) is 137 Å². The van der Waals surface area contributed by atoms with Gasteiger partial charge in [0.05, 0.1) is 11.0 Å². The van der Waals surface area contributed by atoms with Crippen molar-refractivity contribution < 1.29 is 0 Å². The Hall–Kier alpha value is -7.04. The van der Waals surface area contributed by atoms with Crippen LogP contribution in [0.2, 0.25) is 0 Å². The molecule has 4 heterocycles. The zero-order valence-electron chi connectivity index (χ0n) is 46.5. The minimum absolute atomic E-state index is 0.0190. The van der Waals surface area contributed by atoms with Crippen LogP contribution in [-0.4, -0.2) is 15.9 Å². The second kappa shape index (κ2) is 16.2. The van der Waals surface area contributed by atoms with Crippen LogP contribution < -0.4 is 15.8 Å². The van der Waals surface area contributed by atoms with Crippen molar-refractivity contribution in [3.8, 4) is 39.2 Å². The maximum atomic E-state index is 2.81. The minimum Gasteiger partial charge on any atom is -0.375 e. The summed E-state index contributed by atoms with van der Waals surface area (Å²) in [7, 11) is 0. The molecule has 4 heteroatoms. The van der Waals surface area contributed by atoms with Crippen LogP contribution in [0.25, 0.3) is 71.9 Å². The summed E-state index contributed by atoms with van der Waals surface area (Å²) in [5.74, 6) is 0. The lowest BCUT2D eigenvalue weighted by Gasteiger charge is -2.42. The smallest absolute Gasteiger partial charge is 0.333 e. The van der Waals surface area contributed by atoms with E-state index in [4.69, 9.17) is 0 Å². The fourth-order valence-electron chi connectivity index (χ4n) is 12.2. The Balaban J connectivity index is 1.35. The lowest BCUT2D eigenvalue weighted by Crippen LogP contribution is -2.57. The highest BCUT2D eigenvalue weighted by Crippen LogP contribution is 2.54. The predicted molar refractivity (Wildman–Crippen MR) is 321 cm³/mol. The molecule has 0 saturated heterocycles. The maximum Gasteiger partial charge on any atom is 0.333 e. The molecule has 10 aromatic rings. The summed E-state index contributed by atoms with van der Waals surface area (Å²) in [6.07, 6.45) is 0. The Bertz CT molecular complexity index is 3870. The summed E-state index contributed by atoms with van der Waals surface area (Å²) in [6, 6.07) is 63.9. The van der Waals surface area contributed by atoms with Gasteiger partial charge < -0.3 is 13.9 Å². The van der Waals surface area contributed by atoms with Gasteiger partial charge in [0.25, 0.3) is 0 Å². The summed E-state index contributed by atoms with van der Waals surface area (Å²) in [5, 5.41) is 3.83. The van der Waals surface area contributed by atoms with Crippen LogP contribution in [0.5, 0.6) is 0 Å². The van der Waals surface area contributed by atoms with E-state index < -0.39 is 0 Å². The number of anilines is 3. The Morgan fingerprint density at radius 3 is 1.45 bits per heavy atom. The first-order valence-corrected chi connectivity index (χ1v) is 27.0. The van der Waals surface area contributed by atoms with Gasteiger partial charge in [0, 0.05) is 61.2 Å². The van der Waals surface area contributed by atoms with Gasteiger partial charge in [-0.1, -0.05) is 213 Å². The monoisotopic (exact) mass is 966 g/mol. The van der Waals surface area contributed by atoms with E-state index in [1.54, 1.807) is 0 Å². The highest BCUT2D eigenvalue weighted by Gasteiger charge is 2.46. The second-order valence-corrected chi connectivity index (χ2v) is 26.7. The van der Waals surface area contributed by atoms with Gasteiger partial charge in [0.15, 0.2) is 0 Å². The predicted octanol–water partition coefficient (Wildman–Crippen LogP) is 18.0. The lowest BCUT2D eigenvalue weighted by molar-refractivity contribution is 0.589. The molecule has 0 N–H and O–H groups in total. The molecule has 12 rings (SSSR count). The molecular formula is C70H72BN3. The van der Waals surface area contributed by atoms with Crippen LogP contribution in [0.3, 0.4) is 0 Å². The lowest BCUT2D eigenvalue weighted by atomic mass is 9.44. The van der Waals surface area contributed by atoms with Crippen LogP contribution in [0.15, 0.2) is 164 Å². The van der Waals surface area contributed by atoms with Gasteiger partial charge in [-0.2, -0.15) is 0 Å². The highest BCUT2D eigenvalue weighted by molar-refractivity contribution is 6.90. The fourth-order valence-corrected chi connectivity index (χ4v) is 12.2. The fraction of sp³-hybridized carbons (Fsp3) is 0.286. The third-order valence-corrected chi connectivity index (χ3v) is 16.5. The summed E-state index contributed by atoms with van der Waals surface area (Å²) in [6.45, 7) is 35.0. The van der Waals surface area contributed by atoms with Gasteiger partial charge in [0.2, 0.25) is 0 Å². The average molecular weight is 966 g/mol. The molecule has 0 amide bonds. The largest absolute Gasteiger partial charge is 0.375 e. The van der Waals surface area contributed by atoms with E-state index in [2.05, 4.69) is 282 Å². The zero-order valence-corrected chi connectivity index (χ0v) is 46.5. The van der Waals surface area contributed by atoms with Gasteiger partial charge >= 0.3 is 6.85 Å². The molecule has 0 saturated carbocycles. The highest BCUT2D eigenvalue weighted by atomic mass is 15.2. The van der Waals surface area contributed by atoms with E-state index >= 15 is 0 Å². The van der Waals surface area contributed by atoms with E-state index in [-0.39, 0.29) is 33.9 Å². The number of rotatable bonds is 4. The van der Waals surface area contributed by atoms with Crippen LogP contribution in [-0.2, 0) is 27.1 Å². The number of fused-ring (bicyclic) bond motifs is 8. The molecule has 0 spiro atoms. The molecule has 0 bridgehead atoms. The van der Waals surface area contributed by atoms with Gasteiger partial charge in [-0.25, -0.2) is 0 Å². The van der Waals surface area contributed by atoms with Crippen molar-refractivity contribution >= 4 is 67.5 Å². The number of hydrogen-bond acceptors (Lipinski definition) is 1. The molecule has 0 aliphatic carbocycles. The Kier molecular flexibility index (Phi) is 10.5. The van der Waals surface area contributed by atoms with Crippen molar-refractivity contribution in [2.45, 2.75) is 131 Å². The Labute approximate surface area is 441 Å². The number of nitrogens with zero attached hydrogens (tertiary/aromatic N) is 3. The first-order chi connectivity index (χ1) is 34.9. The Morgan fingerprint density at radius 1 is 0.365 bits per heavy atom. The van der Waals surface area contributed by atoms with Crippen LogP contribution in [0.4, 0.5) is 17.1 Å². The van der Waals surface area contributed by atoms with Crippen molar-refractivity contribution in [2.75, 3.05) is 4.90 Å². The van der Waals surface area contributed by atoms with E-state index in [1.807, 2.05) is 0 Å². The summed E-state index contributed by atoms with van der Waals surface area (Å²) >= 11 is 0. The molecule has 8 aromatic carbocycles. The molecule has 2 aliphatic rings. The van der Waals surface area contributed by atoms with Crippen molar-refractivity contribution in [3.05, 3.63) is 192 Å². The zero-order chi connectivity index (χ0) is 52.2. The van der Waals surface area contributed by atoms with Gasteiger partial charge in [-0.15, -0.1) is 0 Å². The second-order valence-electron chi connectivity index (χ2n) is 26.7. The normalized spacial score (nSPS) is 13.8.